The van der Waals surface area contributed by atoms with Gasteiger partial charge in [0.05, 0.1) is 41.4 Å². The molecule has 0 aliphatic heterocycles. The molecule has 0 radical (unpaired) electrons. The number of methoxy groups -OCH3 is 1. The van der Waals surface area contributed by atoms with E-state index in [0.29, 0.717) is 0 Å². The highest BCUT2D eigenvalue weighted by Crippen LogP contribution is 2.31. The fraction of sp³-hybridized carbons (Fsp3) is 0.0741. The lowest BCUT2D eigenvalue weighted by atomic mass is 9.83. The molecule has 1 amide bonds. The number of hydrogen-bond donors (Lipinski definition) is 2. The summed E-state index contributed by atoms with van der Waals surface area (Å²) in [7, 11) is 1.18. The van der Waals surface area contributed by atoms with Crippen LogP contribution in [0.3, 0.4) is 0 Å². The van der Waals surface area contributed by atoms with Gasteiger partial charge in [-0.3, -0.25) is 24.0 Å². The van der Waals surface area contributed by atoms with Crippen molar-refractivity contribution in [3.63, 3.8) is 0 Å². The van der Waals surface area contributed by atoms with Gasteiger partial charge in [-0.1, -0.05) is 36.4 Å². The third kappa shape index (κ3) is 4.00. The molecule has 10 heteroatoms. The number of benzene rings is 3. The molecule has 0 atom stereocenters. The minimum atomic E-state index is -1.08. The quantitative estimate of drug-likeness (QED) is 0.278. The van der Waals surface area contributed by atoms with Gasteiger partial charge in [0.25, 0.3) is 11.5 Å². The minimum Gasteiger partial charge on any atom is -0.465 e. The smallest absolute Gasteiger partial charge is 0.339 e. The maximum atomic E-state index is 13.3. The number of para-hydroxylation sites is 1. The molecule has 10 nitrogen and oxygen atoms in total. The Balaban J connectivity index is 1.49. The van der Waals surface area contributed by atoms with Gasteiger partial charge in [0, 0.05) is 16.7 Å². The van der Waals surface area contributed by atoms with Crippen molar-refractivity contribution >= 4 is 45.9 Å². The molecule has 1 aliphatic carbocycles. The van der Waals surface area contributed by atoms with E-state index >= 15 is 0 Å². The van der Waals surface area contributed by atoms with E-state index in [1.165, 1.54) is 37.4 Å². The maximum absolute atomic E-state index is 13.3. The highest BCUT2D eigenvalue weighted by Gasteiger charge is 2.32. The molecule has 0 spiro atoms. The second-order valence-electron chi connectivity index (χ2n) is 8.19. The average Bonchev–Trinajstić information content (AvgIpc) is 2.91. The van der Waals surface area contributed by atoms with Gasteiger partial charge in [0.2, 0.25) is 5.78 Å². The topological polar surface area (TPSA) is 152 Å². The Morgan fingerprint density at radius 3 is 2.27 bits per heavy atom. The third-order valence-corrected chi connectivity index (χ3v) is 5.98. The van der Waals surface area contributed by atoms with E-state index in [0.717, 1.165) is 0 Å². The van der Waals surface area contributed by atoms with Crippen molar-refractivity contribution in [2.24, 2.45) is 0 Å². The Labute approximate surface area is 208 Å². The molecule has 0 saturated heterocycles. The first-order chi connectivity index (χ1) is 17.8. The number of amides is 1. The van der Waals surface area contributed by atoms with Crippen LogP contribution < -0.4 is 10.9 Å². The molecule has 1 heterocycles. The number of nitrogens with zero attached hydrogens (tertiary/aromatic N) is 1. The second-order valence-corrected chi connectivity index (χ2v) is 8.19. The Hall–Kier alpha value is -5.25. The van der Waals surface area contributed by atoms with E-state index < -0.39 is 35.4 Å². The van der Waals surface area contributed by atoms with Gasteiger partial charge in [-0.25, -0.2) is 9.78 Å². The number of ether oxygens (including phenoxy) is 1. The number of aromatic amines is 1. The van der Waals surface area contributed by atoms with Crippen molar-refractivity contribution in [2.45, 2.75) is 6.42 Å². The predicted octanol–water partition coefficient (Wildman–Crippen LogP) is 2.24. The highest BCUT2D eigenvalue weighted by molar-refractivity contribution is 6.41. The SMILES string of the molecule is COC(=O)c1ccccc1NC(=O)C(=O)Cc1nc2c3c(ccc2[nH]c1=O)C(=O)c1ccccc1C3=O. The van der Waals surface area contributed by atoms with Gasteiger partial charge >= 0.3 is 5.97 Å². The van der Waals surface area contributed by atoms with Crippen LogP contribution in [0, 0.1) is 0 Å². The average molecular weight is 495 g/mol. The molecule has 0 fully saturated rings. The standard InChI is InChI=1S/C27H17N3O7/c1-37-27(36)15-8-4-5-9-17(15)29-26(35)20(31)12-19-25(34)30-18-11-10-16-21(22(18)28-19)24(33)14-7-3-2-6-13(14)23(16)32/h2-11H,12H2,1H3,(H,29,35)(H,30,34). The number of anilines is 1. The number of carbonyl (C=O) groups is 5. The zero-order valence-electron chi connectivity index (χ0n) is 19.3. The molecule has 0 saturated carbocycles. The van der Waals surface area contributed by atoms with E-state index in [4.69, 9.17) is 0 Å². The van der Waals surface area contributed by atoms with E-state index in [-0.39, 0.29) is 56.0 Å². The Morgan fingerprint density at radius 1 is 0.865 bits per heavy atom. The number of H-pyrrole nitrogens is 1. The lowest BCUT2D eigenvalue weighted by molar-refractivity contribution is -0.134. The van der Waals surface area contributed by atoms with Gasteiger partial charge in [-0.15, -0.1) is 0 Å². The van der Waals surface area contributed by atoms with E-state index in [1.807, 2.05) is 0 Å². The summed E-state index contributed by atoms with van der Waals surface area (Å²) < 4.78 is 4.67. The highest BCUT2D eigenvalue weighted by atomic mass is 16.5. The summed E-state index contributed by atoms with van der Waals surface area (Å²) in [6, 6.07) is 15.3. The van der Waals surface area contributed by atoms with Crippen molar-refractivity contribution < 1.29 is 28.7 Å². The van der Waals surface area contributed by atoms with Crippen LogP contribution in [0.15, 0.2) is 65.5 Å². The van der Waals surface area contributed by atoms with Crippen molar-refractivity contribution in [3.8, 4) is 0 Å². The first-order valence-corrected chi connectivity index (χ1v) is 11.1. The summed E-state index contributed by atoms with van der Waals surface area (Å²) in [6.45, 7) is 0. The Kier molecular flexibility index (Phi) is 5.76. The number of hydrogen-bond acceptors (Lipinski definition) is 8. The summed E-state index contributed by atoms with van der Waals surface area (Å²) in [4.78, 5) is 82.9. The van der Waals surface area contributed by atoms with Gasteiger partial charge in [0.15, 0.2) is 11.6 Å². The molecule has 1 aromatic heterocycles. The monoisotopic (exact) mass is 495 g/mol. The second kappa shape index (κ2) is 9.08. The zero-order valence-corrected chi connectivity index (χ0v) is 19.3. The van der Waals surface area contributed by atoms with Crippen molar-refractivity contribution in [1.82, 2.24) is 9.97 Å². The van der Waals surface area contributed by atoms with E-state index in [9.17, 15) is 28.8 Å². The number of fused-ring (bicyclic) bond motifs is 4. The van der Waals surface area contributed by atoms with Crippen LogP contribution in [0.5, 0.6) is 0 Å². The molecule has 37 heavy (non-hydrogen) atoms. The molecule has 1 aliphatic rings. The maximum Gasteiger partial charge on any atom is 0.339 e. The molecule has 0 unspecified atom stereocenters. The van der Waals surface area contributed by atoms with Crippen LogP contribution >= 0.6 is 0 Å². The first-order valence-electron chi connectivity index (χ1n) is 11.1. The third-order valence-electron chi connectivity index (χ3n) is 5.98. The number of aromatic nitrogens is 2. The molecule has 0 bridgehead atoms. The van der Waals surface area contributed by atoms with Gasteiger partial charge < -0.3 is 15.0 Å². The normalized spacial score (nSPS) is 12.0. The summed E-state index contributed by atoms with van der Waals surface area (Å²) in [5.74, 6) is -3.59. The summed E-state index contributed by atoms with van der Waals surface area (Å²) in [5, 5.41) is 2.35. The number of Topliss-reactive ketones (excluding diaryl/α,β-unsaturated/α-hetero) is 1. The van der Waals surface area contributed by atoms with Crippen molar-refractivity contribution in [1.29, 1.82) is 0 Å². The number of ketones is 3. The van der Waals surface area contributed by atoms with Crippen molar-refractivity contribution in [2.75, 3.05) is 12.4 Å². The predicted molar refractivity (Wildman–Crippen MR) is 131 cm³/mol. The van der Waals surface area contributed by atoms with E-state index in [1.54, 1.807) is 30.3 Å². The van der Waals surface area contributed by atoms with Crippen LogP contribution in [0.1, 0.15) is 47.9 Å². The van der Waals surface area contributed by atoms with Gasteiger partial charge in [-0.05, 0) is 24.3 Å². The molecular weight excluding hydrogens is 478 g/mol. The van der Waals surface area contributed by atoms with Crippen molar-refractivity contribution in [3.05, 3.63) is 105 Å². The van der Waals surface area contributed by atoms with Crippen LogP contribution in [-0.4, -0.2) is 46.3 Å². The lowest BCUT2D eigenvalue weighted by Gasteiger charge is -2.18. The van der Waals surface area contributed by atoms with E-state index in [2.05, 4.69) is 20.0 Å². The molecular formula is C27H17N3O7. The van der Waals surface area contributed by atoms with Gasteiger partial charge in [-0.2, -0.15) is 0 Å². The molecule has 5 rings (SSSR count). The first kappa shape index (κ1) is 23.5. The minimum absolute atomic E-state index is 0.0163. The summed E-state index contributed by atoms with van der Waals surface area (Å²) >= 11 is 0. The van der Waals surface area contributed by atoms with Crippen LogP contribution in [0.2, 0.25) is 0 Å². The molecule has 3 aromatic carbocycles. The molecule has 4 aromatic rings. The number of carbonyl (C=O) groups excluding carboxylic acids is 5. The fourth-order valence-electron chi connectivity index (χ4n) is 4.19. The van der Waals surface area contributed by atoms with Crippen LogP contribution in [-0.2, 0) is 20.7 Å². The molecule has 2 N–H and O–H groups in total. The van der Waals surface area contributed by atoms with Gasteiger partial charge in [0.1, 0.15) is 5.69 Å². The Morgan fingerprint density at radius 2 is 1.54 bits per heavy atom. The number of esters is 1. The zero-order chi connectivity index (χ0) is 26.3. The Bertz CT molecular complexity index is 1740. The fourth-order valence-corrected chi connectivity index (χ4v) is 4.19. The van der Waals surface area contributed by atoms with Crippen LogP contribution in [0.4, 0.5) is 5.69 Å². The van der Waals surface area contributed by atoms with Crippen LogP contribution in [0.25, 0.3) is 11.0 Å². The molecule has 182 valence electrons. The number of rotatable bonds is 5. The summed E-state index contributed by atoms with van der Waals surface area (Å²) in [5.41, 5.74) is -0.0495. The summed E-state index contributed by atoms with van der Waals surface area (Å²) in [6.07, 6.45) is -0.681. The lowest BCUT2D eigenvalue weighted by Crippen LogP contribution is -2.29. The largest absolute Gasteiger partial charge is 0.465 e. The number of nitrogens with one attached hydrogen (secondary N) is 2.